The average Bonchev–Trinajstić information content (AvgIpc) is 3.60. The van der Waals surface area contributed by atoms with Crippen LogP contribution in [0.2, 0.25) is 0 Å². The summed E-state index contributed by atoms with van der Waals surface area (Å²) < 4.78 is 29.3. The van der Waals surface area contributed by atoms with Gasteiger partial charge in [-0.25, -0.2) is 18.1 Å². The largest absolute Gasteiger partial charge is 0.322 e. The number of carbonyl (C=O) groups is 1. The third kappa shape index (κ3) is 4.18. The van der Waals surface area contributed by atoms with Crippen molar-refractivity contribution in [3.05, 3.63) is 64.2 Å². The number of benzene rings is 2. The van der Waals surface area contributed by atoms with Gasteiger partial charge in [0.05, 0.1) is 15.8 Å². The van der Waals surface area contributed by atoms with Gasteiger partial charge in [-0.1, -0.05) is 12.5 Å². The molecule has 3 aromatic rings. The zero-order chi connectivity index (χ0) is 22.3. The molecular formula is C23H24N4O4S. The first-order chi connectivity index (χ1) is 15.4. The molecule has 0 radical (unpaired) electrons. The van der Waals surface area contributed by atoms with Crippen LogP contribution >= 0.6 is 0 Å². The lowest BCUT2D eigenvalue weighted by molar-refractivity contribution is 0.102. The summed E-state index contributed by atoms with van der Waals surface area (Å²) in [6.07, 6.45) is 5.46. The molecule has 5 rings (SSSR count). The topological polar surface area (TPSA) is 110 Å². The normalized spacial score (nSPS) is 16.4. The molecule has 166 valence electrons. The Balaban J connectivity index is 1.42. The summed E-state index contributed by atoms with van der Waals surface area (Å²) in [5.74, 6) is 0.368. The Labute approximate surface area is 185 Å². The minimum absolute atomic E-state index is 0.00228. The molecule has 0 spiro atoms. The van der Waals surface area contributed by atoms with Crippen LogP contribution in [0, 0.1) is 0 Å². The molecule has 1 saturated carbocycles. The third-order valence-corrected chi connectivity index (χ3v) is 7.40. The summed E-state index contributed by atoms with van der Waals surface area (Å²) in [6, 6.07) is 11.0. The monoisotopic (exact) mass is 452 g/mol. The predicted octanol–water partition coefficient (Wildman–Crippen LogP) is 2.82. The van der Waals surface area contributed by atoms with Crippen LogP contribution in [0.1, 0.15) is 48.3 Å². The van der Waals surface area contributed by atoms with Crippen molar-refractivity contribution in [2.45, 2.75) is 56.0 Å². The number of anilines is 1. The van der Waals surface area contributed by atoms with Gasteiger partial charge in [0.2, 0.25) is 10.0 Å². The predicted molar refractivity (Wildman–Crippen MR) is 121 cm³/mol. The van der Waals surface area contributed by atoms with Gasteiger partial charge in [-0.15, -0.1) is 0 Å². The number of nitrogens with one attached hydrogen (secondary N) is 2. The van der Waals surface area contributed by atoms with E-state index in [1.807, 2.05) is 0 Å². The SMILES string of the molecule is O=C(Nc1cccc(S(=O)(=O)NC2CC2)c1)c1ccc2c(=O)n3c(nc2c1)CCCCC3. The fourth-order valence-corrected chi connectivity index (χ4v) is 5.34. The van der Waals surface area contributed by atoms with E-state index in [1.165, 1.54) is 12.1 Å². The lowest BCUT2D eigenvalue weighted by atomic mass is 10.1. The van der Waals surface area contributed by atoms with Crippen LogP contribution in [-0.2, 0) is 23.0 Å². The Bertz CT molecular complexity index is 1380. The molecule has 0 atom stereocenters. The number of hydrogen-bond acceptors (Lipinski definition) is 5. The maximum atomic E-state index is 12.9. The molecule has 2 heterocycles. The summed E-state index contributed by atoms with van der Waals surface area (Å²) >= 11 is 0. The molecule has 32 heavy (non-hydrogen) atoms. The van der Waals surface area contributed by atoms with Crippen LogP contribution in [0.4, 0.5) is 5.69 Å². The van der Waals surface area contributed by atoms with E-state index in [2.05, 4.69) is 15.0 Å². The molecule has 1 aromatic heterocycles. The lowest BCUT2D eigenvalue weighted by Crippen LogP contribution is -2.25. The highest BCUT2D eigenvalue weighted by Gasteiger charge is 2.28. The summed E-state index contributed by atoms with van der Waals surface area (Å²) in [4.78, 5) is 30.5. The Kier molecular flexibility index (Phi) is 5.30. The first kappa shape index (κ1) is 20.8. The van der Waals surface area contributed by atoms with E-state index < -0.39 is 15.9 Å². The van der Waals surface area contributed by atoms with Crippen LogP contribution in [0.5, 0.6) is 0 Å². The van der Waals surface area contributed by atoms with Gasteiger partial charge in [0, 0.05) is 30.3 Å². The molecule has 1 fully saturated rings. The van der Waals surface area contributed by atoms with Crippen LogP contribution in [0.3, 0.4) is 0 Å². The van der Waals surface area contributed by atoms with E-state index in [4.69, 9.17) is 0 Å². The maximum absolute atomic E-state index is 12.9. The van der Waals surface area contributed by atoms with Gasteiger partial charge in [-0.2, -0.15) is 0 Å². The Morgan fingerprint density at radius 1 is 1.06 bits per heavy atom. The highest BCUT2D eigenvalue weighted by Crippen LogP contribution is 2.24. The minimum atomic E-state index is -3.61. The number of fused-ring (bicyclic) bond motifs is 2. The van der Waals surface area contributed by atoms with Crippen molar-refractivity contribution in [3.63, 3.8) is 0 Å². The Morgan fingerprint density at radius 3 is 2.72 bits per heavy atom. The van der Waals surface area contributed by atoms with Crippen LogP contribution in [-0.4, -0.2) is 29.9 Å². The number of aromatic nitrogens is 2. The molecule has 0 bridgehead atoms. The van der Waals surface area contributed by atoms with Crippen molar-refractivity contribution in [2.24, 2.45) is 0 Å². The van der Waals surface area contributed by atoms with Crippen molar-refractivity contribution in [1.29, 1.82) is 0 Å². The highest BCUT2D eigenvalue weighted by atomic mass is 32.2. The fraction of sp³-hybridized carbons (Fsp3) is 0.348. The quantitative estimate of drug-likeness (QED) is 0.619. The minimum Gasteiger partial charge on any atom is -0.322 e. The van der Waals surface area contributed by atoms with Gasteiger partial charge in [0.1, 0.15) is 5.82 Å². The molecule has 8 nitrogen and oxygen atoms in total. The molecule has 1 aliphatic heterocycles. The van der Waals surface area contributed by atoms with Gasteiger partial charge in [0.25, 0.3) is 11.5 Å². The average molecular weight is 453 g/mol. The number of rotatable bonds is 5. The third-order valence-electron chi connectivity index (χ3n) is 5.88. The second-order valence-corrected chi connectivity index (χ2v) is 10.1. The van der Waals surface area contributed by atoms with Gasteiger partial charge < -0.3 is 5.32 Å². The van der Waals surface area contributed by atoms with Gasteiger partial charge in [-0.3, -0.25) is 14.2 Å². The van der Waals surface area contributed by atoms with Crippen molar-refractivity contribution in [1.82, 2.24) is 14.3 Å². The van der Waals surface area contributed by atoms with Crippen molar-refractivity contribution in [3.8, 4) is 0 Å². The smallest absolute Gasteiger partial charge is 0.261 e. The zero-order valence-electron chi connectivity index (χ0n) is 17.5. The van der Waals surface area contributed by atoms with Crippen LogP contribution < -0.4 is 15.6 Å². The van der Waals surface area contributed by atoms with E-state index in [9.17, 15) is 18.0 Å². The van der Waals surface area contributed by atoms with Gasteiger partial charge >= 0.3 is 0 Å². The number of nitrogens with zero attached hydrogens (tertiary/aromatic N) is 2. The Hall–Kier alpha value is -3.04. The summed E-state index contributed by atoms with van der Waals surface area (Å²) in [6.45, 7) is 0.675. The van der Waals surface area contributed by atoms with E-state index in [0.717, 1.165) is 44.3 Å². The second-order valence-electron chi connectivity index (χ2n) is 8.40. The molecule has 0 saturated heterocycles. The summed E-state index contributed by atoms with van der Waals surface area (Å²) in [7, 11) is -3.61. The molecule has 2 aromatic carbocycles. The van der Waals surface area contributed by atoms with Crippen molar-refractivity contribution < 1.29 is 13.2 Å². The van der Waals surface area contributed by atoms with E-state index in [1.54, 1.807) is 34.9 Å². The standard InChI is InChI=1S/C23H24N4O4S/c28-22(24-17-5-4-6-18(14-17)32(30,31)26-16-9-10-16)15-8-11-19-20(13-15)25-21-7-2-1-3-12-27(21)23(19)29/h4-6,8,11,13-14,16,26H,1-3,7,9-10,12H2,(H,24,28). The van der Waals surface area contributed by atoms with E-state index in [0.29, 0.717) is 28.7 Å². The van der Waals surface area contributed by atoms with Gasteiger partial charge in [0.15, 0.2) is 0 Å². The molecule has 2 N–H and O–H groups in total. The molecule has 2 aliphatic rings. The summed E-state index contributed by atoms with van der Waals surface area (Å²) in [5.41, 5.74) is 1.16. The van der Waals surface area contributed by atoms with Gasteiger partial charge in [-0.05, 0) is 62.1 Å². The van der Waals surface area contributed by atoms with Crippen LogP contribution in [0.15, 0.2) is 52.2 Å². The number of hydrogen-bond donors (Lipinski definition) is 2. The number of sulfonamides is 1. The first-order valence-electron chi connectivity index (χ1n) is 10.9. The van der Waals surface area contributed by atoms with E-state index in [-0.39, 0.29) is 16.5 Å². The maximum Gasteiger partial charge on any atom is 0.261 e. The number of amides is 1. The molecule has 0 unspecified atom stereocenters. The van der Waals surface area contributed by atoms with Crippen molar-refractivity contribution in [2.75, 3.05) is 5.32 Å². The molecule has 1 aliphatic carbocycles. The number of aryl methyl sites for hydroxylation is 1. The Morgan fingerprint density at radius 2 is 1.91 bits per heavy atom. The molecular weight excluding hydrogens is 428 g/mol. The van der Waals surface area contributed by atoms with Crippen LogP contribution in [0.25, 0.3) is 10.9 Å². The molecule has 1 amide bonds. The number of carbonyl (C=O) groups excluding carboxylic acids is 1. The fourth-order valence-electron chi connectivity index (χ4n) is 3.99. The highest BCUT2D eigenvalue weighted by molar-refractivity contribution is 7.89. The molecule has 9 heteroatoms. The summed E-state index contributed by atoms with van der Waals surface area (Å²) in [5, 5.41) is 3.24. The first-order valence-corrected chi connectivity index (χ1v) is 12.4. The van der Waals surface area contributed by atoms with Crippen molar-refractivity contribution >= 4 is 32.5 Å². The van der Waals surface area contributed by atoms with E-state index >= 15 is 0 Å². The second kappa shape index (κ2) is 8.14. The lowest BCUT2D eigenvalue weighted by Gasteiger charge is -2.11. The zero-order valence-corrected chi connectivity index (χ0v) is 18.3.